The molecule has 0 aliphatic heterocycles. The van der Waals surface area contributed by atoms with Gasteiger partial charge in [-0.2, -0.15) is 5.26 Å². The summed E-state index contributed by atoms with van der Waals surface area (Å²) in [6.45, 7) is 0. The number of amides is 1. The summed E-state index contributed by atoms with van der Waals surface area (Å²) in [5, 5.41) is 12.0. The molecule has 0 unspecified atom stereocenters. The van der Waals surface area contributed by atoms with Crippen molar-refractivity contribution in [2.24, 2.45) is 0 Å². The van der Waals surface area contributed by atoms with Gasteiger partial charge in [0.2, 0.25) is 0 Å². The number of pyridine rings is 1. The first-order valence-corrected chi connectivity index (χ1v) is 6.62. The molecule has 1 N–H and O–H groups in total. The SMILES string of the molecule is N#CC(=Cc1ccncc1)C(=O)NC1CCCCC1. The molecule has 1 saturated carbocycles. The lowest BCUT2D eigenvalue weighted by Gasteiger charge is -2.22. The molecule has 1 aromatic heterocycles. The normalized spacial score (nSPS) is 16.7. The van der Waals surface area contributed by atoms with Gasteiger partial charge in [-0.1, -0.05) is 19.3 Å². The molecular weight excluding hydrogens is 238 g/mol. The van der Waals surface area contributed by atoms with Gasteiger partial charge in [-0.15, -0.1) is 0 Å². The van der Waals surface area contributed by atoms with E-state index < -0.39 is 0 Å². The van der Waals surface area contributed by atoms with Gasteiger partial charge in [0.05, 0.1) is 0 Å². The number of aromatic nitrogens is 1. The zero-order valence-corrected chi connectivity index (χ0v) is 10.8. The minimum Gasteiger partial charge on any atom is -0.349 e. The second-order valence-corrected chi connectivity index (χ2v) is 4.76. The number of rotatable bonds is 3. The molecule has 1 aliphatic carbocycles. The fraction of sp³-hybridized carbons (Fsp3) is 0.400. The van der Waals surface area contributed by atoms with Crippen LogP contribution in [0.4, 0.5) is 0 Å². The zero-order valence-electron chi connectivity index (χ0n) is 10.8. The Bertz CT molecular complexity index is 496. The lowest BCUT2D eigenvalue weighted by molar-refractivity contribution is -0.117. The number of hydrogen-bond donors (Lipinski definition) is 1. The first-order chi connectivity index (χ1) is 9.29. The highest BCUT2D eigenvalue weighted by molar-refractivity contribution is 6.01. The molecular formula is C15H17N3O. The maximum Gasteiger partial charge on any atom is 0.262 e. The van der Waals surface area contributed by atoms with Crippen LogP contribution in [0.5, 0.6) is 0 Å². The quantitative estimate of drug-likeness (QED) is 0.666. The van der Waals surface area contributed by atoms with Crippen molar-refractivity contribution >= 4 is 12.0 Å². The molecule has 2 rings (SSSR count). The van der Waals surface area contributed by atoms with E-state index in [0.717, 1.165) is 31.2 Å². The van der Waals surface area contributed by atoms with Gasteiger partial charge >= 0.3 is 0 Å². The van der Waals surface area contributed by atoms with Crippen LogP contribution in [-0.4, -0.2) is 16.9 Å². The van der Waals surface area contributed by atoms with Crippen LogP contribution in [0.3, 0.4) is 0 Å². The molecule has 0 aromatic carbocycles. The number of nitriles is 1. The second kappa shape index (κ2) is 6.69. The van der Waals surface area contributed by atoms with Crippen molar-refractivity contribution in [3.05, 3.63) is 35.7 Å². The molecule has 1 fully saturated rings. The summed E-state index contributed by atoms with van der Waals surface area (Å²) < 4.78 is 0. The van der Waals surface area contributed by atoms with Gasteiger partial charge in [0.25, 0.3) is 5.91 Å². The predicted octanol–water partition coefficient (Wildman–Crippen LogP) is 2.44. The van der Waals surface area contributed by atoms with E-state index >= 15 is 0 Å². The fourth-order valence-corrected chi connectivity index (χ4v) is 2.29. The highest BCUT2D eigenvalue weighted by atomic mass is 16.1. The zero-order chi connectivity index (χ0) is 13.5. The lowest BCUT2D eigenvalue weighted by Crippen LogP contribution is -2.36. The Morgan fingerprint density at radius 2 is 2.00 bits per heavy atom. The molecule has 4 nitrogen and oxygen atoms in total. The molecule has 98 valence electrons. The number of carbonyl (C=O) groups is 1. The van der Waals surface area contributed by atoms with Crippen LogP contribution in [0.15, 0.2) is 30.1 Å². The van der Waals surface area contributed by atoms with E-state index in [4.69, 9.17) is 5.26 Å². The van der Waals surface area contributed by atoms with Crippen LogP contribution in [0.2, 0.25) is 0 Å². The van der Waals surface area contributed by atoms with Crippen LogP contribution < -0.4 is 5.32 Å². The average Bonchev–Trinajstić information content (AvgIpc) is 2.47. The third-order valence-corrected chi connectivity index (χ3v) is 3.32. The van der Waals surface area contributed by atoms with E-state index in [1.54, 1.807) is 30.6 Å². The molecule has 0 bridgehead atoms. The minimum absolute atomic E-state index is 0.150. The molecule has 1 aromatic rings. The fourth-order valence-electron chi connectivity index (χ4n) is 2.29. The van der Waals surface area contributed by atoms with Crippen molar-refractivity contribution in [1.29, 1.82) is 5.26 Å². The van der Waals surface area contributed by atoms with Crippen molar-refractivity contribution in [3.63, 3.8) is 0 Å². The van der Waals surface area contributed by atoms with Crippen molar-refractivity contribution < 1.29 is 4.79 Å². The summed E-state index contributed by atoms with van der Waals surface area (Å²) in [6, 6.07) is 5.72. The Kier molecular flexibility index (Phi) is 4.68. The first kappa shape index (κ1) is 13.3. The molecule has 1 heterocycles. The molecule has 0 saturated heterocycles. The molecule has 0 atom stereocenters. The Morgan fingerprint density at radius 3 is 2.63 bits per heavy atom. The van der Waals surface area contributed by atoms with Gasteiger partial charge in [0.15, 0.2) is 0 Å². The predicted molar refractivity (Wildman–Crippen MR) is 72.8 cm³/mol. The smallest absolute Gasteiger partial charge is 0.262 e. The molecule has 0 spiro atoms. The summed E-state index contributed by atoms with van der Waals surface area (Å²) in [5.74, 6) is -0.272. The van der Waals surface area contributed by atoms with Gasteiger partial charge in [-0.05, 0) is 36.6 Å². The van der Waals surface area contributed by atoms with E-state index in [1.807, 2.05) is 6.07 Å². The largest absolute Gasteiger partial charge is 0.349 e. The van der Waals surface area contributed by atoms with Crippen LogP contribution in [0, 0.1) is 11.3 Å². The van der Waals surface area contributed by atoms with E-state index in [1.165, 1.54) is 6.42 Å². The van der Waals surface area contributed by atoms with Gasteiger partial charge in [0, 0.05) is 18.4 Å². The molecule has 4 heteroatoms. The molecule has 1 amide bonds. The molecule has 1 aliphatic rings. The molecule has 0 radical (unpaired) electrons. The van der Waals surface area contributed by atoms with Gasteiger partial charge < -0.3 is 5.32 Å². The number of nitrogens with one attached hydrogen (secondary N) is 1. The van der Waals surface area contributed by atoms with Crippen LogP contribution in [0.25, 0.3) is 6.08 Å². The van der Waals surface area contributed by atoms with Gasteiger partial charge in [-0.3, -0.25) is 9.78 Å². The van der Waals surface area contributed by atoms with Crippen molar-refractivity contribution in [1.82, 2.24) is 10.3 Å². The highest BCUT2D eigenvalue weighted by Gasteiger charge is 2.17. The summed E-state index contributed by atoms with van der Waals surface area (Å²) in [7, 11) is 0. The van der Waals surface area contributed by atoms with E-state index in [-0.39, 0.29) is 17.5 Å². The van der Waals surface area contributed by atoms with E-state index in [0.29, 0.717) is 0 Å². The molecule has 19 heavy (non-hydrogen) atoms. The maximum absolute atomic E-state index is 12.0. The Labute approximate surface area is 113 Å². The average molecular weight is 255 g/mol. The van der Waals surface area contributed by atoms with Crippen LogP contribution >= 0.6 is 0 Å². The second-order valence-electron chi connectivity index (χ2n) is 4.76. The number of carbonyl (C=O) groups excluding carboxylic acids is 1. The third kappa shape index (κ3) is 3.92. The Hall–Kier alpha value is -2.15. The lowest BCUT2D eigenvalue weighted by atomic mass is 9.95. The van der Waals surface area contributed by atoms with Gasteiger partial charge in [-0.25, -0.2) is 0 Å². The third-order valence-electron chi connectivity index (χ3n) is 3.32. The van der Waals surface area contributed by atoms with Crippen molar-refractivity contribution in [3.8, 4) is 6.07 Å². The highest BCUT2D eigenvalue weighted by Crippen LogP contribution is 2.18. The van der Waals surface area contributed by atoms with E-state index in [2.05, 4.69) is 10.3 Å². The summed E-state index contributed by atoms with van der Waals surface area (Å²) in [6.07, 6.45) is 10.4. The number of hydrogen-bond acceptors (Lipinski definition) is 3. The van der Waals surface area contributed by atoms with Crippen molar-refractivity contribution in [2.75, 3.05) is 0 Å². The van der Waals surface area contributed by atoms with E-state index in [9.17, 15) is 4.79 Å². The Morgan fingerprint density at radius 1 is 1.32 bits per heavy atom. The minimum atomic E-state index is -0.272. The first-order valence-electron chi connectivity index (χ1n) is 6.62. The van der Waals surface area contributed by atoms with Crippen molar-refractivity contribution in [2.45, 2.75) is 38.1 Å². The van der Waals surface area contributed by atoms with Crippen LogP contribution in [0.1, 0.15) is 37.7 Å². The standard InChI is InChI=1S/C15H17N3O/c16-11-13(10-12-6-8-17-9-7-12)15(19)18-14-4-2-1-3-5-14/h6-10,14H,1-5H2,(H,18,19). The summed E-state index contributed by atoms with van der Waals surface area (Å²) in [5.41, 5.74) is 0.960. The monoisotopic (exact) mass is 255 g/mol. The summed E-state index contributed by atoms with van der Waals surface area (Å²) >= 11 is 0. The number of nitrogens with zero attached hydrogens (tertiary/aromatic N) is 2. The van der Waals surface area contributed by atoms with Gasteiger partial charge in [0.1, 0.15) is 11.6 Å². The van der Waals surface area contributed by atoms with Crippen LogP contribution in [-0.2, 0) is 4.79 Å². The summed E-state index contributed by atoms with van der Waals surface area (Å²) in [4.78, 5) is 15.9. The topological polar surface area (TPSA) is 65.8 Å². The Balaban J connectivity index is 2.03. The maximum atomic E-state index is 12.0.